The minimum absolute atomic E-state index is 0.388. The average molecular weight is 287 g/mol. The van der Waals surface area contributed by atoms with Crippen LogP contribution in [0.5, 0.6) is 0 Å². The molecule has 2 aromatic carbocycles. The number of halogens is 1. The number of hydrogen-bond acceptors (Lipinski definition) is 2. The minimum atomic E-state index is -1.00. The Bertz CT molecular complexity index is 623. The second kappa shape index (κ2) is 6.39. The first-order valence-corrected chi connectivity index (χ1v) is 6.82. The van der Waals surface area contributed by atoms with Crippen molar-refractivity contribution in [3.63, 3.8) is 0 Å². The van der Waals surface area contributed by atoms with Crippen LogP contribution in [0.25, 0.3) is 0 Å². The monoisotopic (exact) mass is 287 g/mol. The number of hydrogen-bond donors (Lipinski definition) is 2. The van der Waals surface area contributed by atoms with E-state index in [0.29, 0.717) is 17.2 Å². The fraction of sp³-hybridized carbons (Fsp3) is 0.235. The first-order chi connectivity index (χ1) is 9.97. The summed E-state index contributed by atoms with van der Waals surface area (Å²) in [5.41, 5.74) is 2.22. The van der Waals surface area contributed by atoms with Gasteiger partial charge in [-0.3, -0.25) is 0 Å². The number of rotatable bonds is 5. The maximum atomic E-state index is 13.2. The van der Waals surface area contributed by atoms with Crippen molar-refractivity contribution in [3.05, 3.63) is 65.5 Å². The molecule has 2 rings (SSSR count). The van der Waals surface area contributed by atoms with Crippen LogP contribution in [-0.4, -0.2) is 11.1 Å². The third kappa shape index (κ3) is 3.81. The standard InChI is InChI=1S/C17H18FNO2/c1-11(2)12-6-8-13(9-7-12)16(17(20)21)19-15-5-3-4-14(18)10-15/h3-11,16,19H,1-2H3,(H,20,21). The van der Waals surface area contributed by atoms with Crippen molar-refractivity contribution < 1.29 is 14.3 Å². The Kier molecular flexibility index (Phi) is 4.58. The van der Waals surface area contributed by atoms with E-state index < -0.39 is 17.8 Å². The van der Waals surface area contributed by atoms with E-state index in [4.69, 9.17) is 0 Å². The lowest BCUT2D eigenvalue weighted by molar-refractivity contribution is -0.138. The van der Waals surface area contributed by atoms with Gasteiger partial charge in [-0.1, -0.05) is 44.2 Å². The molecule has 0 saturated heterocycles. The summed E-state index contributed by atoms with van der Waals surface area (Å²) in [7, 11) is 0. The molecule has 1 atom stereocenters. The normalized spacial score (nSPS) is 12.2. The van der Waals surface area contributed by atoms with Gasteiger partial charge in [0.2, 0.25) is 0 Å². The molecule has 0 radical (unpaired) electrons. The van der Waals surface area contributed by atoms with Gasteiger partial charge in [0.05, 0.1) is 0 Å². The molecule has 2 N–H and O–H groups in total. The van der Waals surface area contributed by atoms with Crippen LogP contribution in [0, 0.1) is 5.82 Å². The van der Waals surface area contributed by atoms with Gasteiger partial charge in [-0.25, -0.2) is 9.18 Å². The fourth-order valence-electron chi connectivity index (χ4n) is 2.11. The minimum Gasteiger partial charge on any atom is -0.479 e. The summed E-state index contributed by atoms with van der Waals surface area (Å²) in [6.07, 6.45) is 0. The van der Waals surface area contributed by atoms with Crippen molar-refractivity contribution in [1.82, 2.24) is 0 Å². The first-order valence-electron chi connectivity index (χ1n) is 6.82. The van der Waals surface area contributed by atoms with E-state index in [2.05, 4.69) is 19.2 Å². The van der Waals surface area contributed by atoms with Gasteiger partial charge in [0.25, 0.3) is 0 Å². The molecule has 21 heavy (non-hydrogen) atoms. The van der Waals surface area contributed by atoms with Crippen molar-refractivity contribution in [2.75, 3.05) is 5.32 Å². The Labute approximate surface area is 123 Å². The zero-order chi connectivity index (χ0) is 15.4. The zero-order valence-corrected chi connectivity index (χ0v) is 12.0. The molecule has 1 unspecified atom stereocenters. The number of nitrogens with one attached hydrogen (secondary N) is 1. The highest BCUT2D eigenvalue weighted by molar-refractivity contribution is 5.79. The Hall–Kier alpha value is -2.36. The molecular weight excluding hydrogens is 269 g/mol. The van der Waals surface area contributed by atoms with Crippen molar-refractivity contribution in [2.45, 2.75) is 25.8 Å². The third-order valence-electron chi connectivity index (χ3n) is 3.32. The fourth-order valence-corrected chi connectivity index (χ4v) is 2.11. The van der Waals surface area contributed by atoms with Gasteiger partial charge in [-0.15, -0.1) is 0 Å². The summed E-state index contributed by atoms with van der Waals surface area (Å²) < 4.78 is 13.2. The summed E-state index contributed by atoms with van der Waals surface area (Å²) in [5.74, 6) is -1.02. The van der Waals surface area contributed by atoms with Crippen LogP contribution in [0.15, 0.2) is 48.5 Å². The number of aliphatic carboxylic acids is 1. The van der Waals surface area contributed by atoms with E-state index >= 15 is 0 Å². The van der Waals surface area contributed by atoms with Gasteiger partial charge in [0.1, 0.15) is 5.82 Å². The smallest absolute Gasteiger partial charge is 0.330 e. The summed E-state index contributed by atoms with van der Waals surface area (Å²) in [4.78, 5) is 11.5. The van der Waals surface area contributed by atoms with E-state index in [1.165, 1.54) is 12.1 Å². The predicted octanol–water partition coefficient (Wildman–Crippen LogP) is 4.19. The van der Waals surface area contributed by atoms with Crippen LogP contribution in [0.4, 0.5) is 10.1 Å². The molecule has 0 fully saturated rings. The van der Waals surface area contributed by atoms with Crippen LogP contribution < -0.4 is 5.32 Å². The number of carboxylic acid groups (broad SMARTS) is 1. The second-order valence-electron chi connectivity index (χ2n) is 5.25. The Morgan fingerprint density at radius 3 is 2.24 bits per heavy atom. The van der Waals surface area contributed by atoms with Crippen LogP contribution in [0.2, 0.25) is 0 Å². The largest absolute Gasteiger partial charge is 0.479 e. The topological polar surface area (TPSA) is 49.3 Å². The maximum Gasteiger partial charge on any atom is 0.330 e. The molecule has 0 aromatic heterocycles. The molecule has 2 aromatic rings. The molecule has 0 aliphatic heterocycles. The third-order valence-corrected chi connectivity index (χ3v) is 3.32. The molecule has 0 spiro atoms. The summed E-state index contributed by atoms with van der Waals surface area (Å²) in [6.45, 7) is 4.16. The first kappa shape index (κ1) is 15.0. The van der Waals surface area contributed by atoms with Crippen LogP contribution >= 0.6 is 0 Å². The summed E-state index contributed by atoms with van der Waals surface area (Å²) in [5, 5.41) is 12.2. The average Bonchev–Trinajstić information content (AvgIpc) is 2.44. The lowest BCUT2D eigenvalue weighted by Crippen LogP contribution is -2.20. The SMILES string of the molecule is CC(C)c1ccc(C(Nc2cccc(F)c2)C(=O)O)cc1. The van der Waals surface area contributed by atoms with Crippen molar-refractivity contribution >= 4 is 11.7 Å². The number of carbonyl (C=O) groups is 1. The van der Waals surface area contributed by atoms with Gasteiger partial charge < -0.3 is 10.4 Å². The highest BCUT2D eigenvalue weighted by Crippen LogP contribution is 2.23. The highest BCUT2D eigenvalue weighted by Gasteiger charge is 2.19. The van der Waals surface area contributed by atoms with Gasteiger partial charge >= 0.3 is 5.97 Å². The number of carboxylic acids is 1. The van der Waals surface area contributed by atoms with E-state index in [9.17, 15) is 14.3 Å². The quantitative estimate of drug-likeness (QED) is 0.867. The second-order valence-corrected chi connectivity index (χ2v) is 5.25. The molecule has 3 nitrogen and oxygen atoms in total. The van der Waals surface area contributed by atoms with Gasteiger partial charge in [-0.2, -0.15) is 0 Å². The van der Waals surface area contributed by atoms with E-state index in [1.807, 2.05) is 12.1 Å². The lowest BCUT2D eigenvalue weighted by atomic mass is 9.99. The Morgan fingerprint density at radius 1 is 1.10 bits per heavy atom. The van der Waals surface area contributed by atoms with Crippen molar-refractivity contribution in [3.8, 4) is 0 Å². The van der Waals surface area contributed by atoms with Crippen molar-refractivity contribution in [1.29, 1.82) is 0 Å². The Morgan fingerprint density at radius 2 is 1.71 bits per heavy atom. The van der Waals surface area contributed by atoms with E-state index in [-0.39, 0.29) is 0 Å². The van der Waals surface area contributed by atoms with Crippen molar-refractivity contribution in [2.24, 2.45) is 0 Å². The molecular formula is C17H18FNO2. The molecule has 0 heterocycles. The highest BCUT2D eigenvalue weighted by atomic mass is 19.1. The van der Waals surface area contributed by atoms with Crippen LogP contribution in [0.3, 0.4) is 0 Å². The predicted molar refractivity (Wildman–Crippen MR) is 80.9 cm³/mol. The van der Waals surface area contributed by atoms with E-state index in [1.54, 1.807) is 24.3 Å². The summed E-state index contributed by atoms with van der Waals surface area (Å²) in [6, 6.07) is 12.3. The Balaban J connectivity index is 2.24. The van der Waals surface area contributed by atoms with Crippen LogP contribution in [0.1, 0.15) is 36.9 Å². The molecule has 0 aliphatic rings. The maximum absolute atomic E-state index is 13.2. The van der Waals surface area contributed by atoms with Crippen LogP contribution in [-0.2, 0) is 4.79 Å². The molecule has 0 bridgehead atoms. The van der Waals surface area contributed by atoms with Gasteiger partial charge in [0.15, 0.2) is 6.04 Å². The number of benzene rings is 2. The molecule has 4 heteroatoms. The van der Waals surface area contributed by atoms with E-state index in [0.717, 1.165) is 5.56 Å². The van der Waals surface area contributed by atoms with Gasteiger partial charge in [-0.05, 0) is 35.2 Å². The summed E-state index contributed by atoms with van der Waals surface area (Å²) >= 11 is 0. The molecule has 0 amide bonds. The van der Waals surface area contributed by atoms with Gasteiger partial charge in [0, 0.05) is 5.69 Å². The molecule has 110 valence electrons. The lowest BCUT2D eigenvalue weighted by Gasteiger charge is -2.17. The number of anilines is 1. The zero-order valence-electron chi connectivity index (χ0n) is 12.0. The molecule has 0 aliphatic carbocycles. The molecule has 0 saturated carbocycles.